The molecule has 156 valence electrons. The van der Waals surface area contributed by atoms with Crippen molar-refractivity contribution in [3.63, 3.8) is 0 Å². The minimum atomic E-state index is -0.876. The zero-order chi connectivity index (χ0) is 21.5. The van der Waals surface area contributed by atoms with Crippen molar-refractivity contribution in [2.45, 2.75) is 25.5 Å². The highest BCUT2D eigenvalue weighted by atomic mass is 35.5. The molecule has 2 aliphatic rings. The van der Waals surface area contributed by atoms with E-state index in [1.165, 1.54) is 4.90 Å². The summed E-state index contributed by atoms with van der Waals surface area (Å²) in [6.45, 7) is 2.06. The molecule has 0 saturated carbocycles. The van der Waals surface area contributed by atoms with Crippen LogP contribution in [-0.2, 0) is 20.8 Å². The molecule has 0 aliphatic carbocycles. The molecular weight excluding hydrogens is 412 g/mol. The lowest BCUT2D eigenvalue weighted by Gasteiger charge is -2.28. The van der Waals surface area contributed by atoms with Crippen LogP contribution in [0.5, 0.6) is 0 Å². The maximum atomic E-state index is 13.6. The zero-order valence-electron chi connectivity index (χ0n) is 16.9. The Balaban J connectivity index is 1.56. The highest BCUT2D eigenvalue weighted by Crippen LogP contribution is 2.47. The number of anilines is 2. The Morgan fingerprint density at radius 1 is 0.839 bits per heavy atom. The average Bonchev–Trinajstić information content (AvgIpc) is 3.31. The smallest absolute Gasteiger partial charge is 0.266 e. The predicted molar refractivity (Wildman–Crippen MR) is 120 cm³/mol. The Hall–Kier alpha value is -3.15. The molecule has 2 heterocycles. The lowest BCUT2D eigenvalue weighted by Crippen LogP contribution is -2.37. The summed E-state index contributed by atoms with van der Waals surface area (Å²) in [5.74, 6) is -1.24. The minimum absolute atomic E-state index is 0.252. The highest BCUT2D eigenvalue weighted by molar-refractivity contribution is 6.30. The molecule has 5 nitrogen and oxygen atoms in total. The van der Waals surface area contributed by atoms with Gasteiger partial charge in [-0.15, -0.1) is 0 Å². The van der Waals surface area contributed by atoms with Crippen LogP contribution in [0.2, 0.25) is 5.02 Å². The van der Waals surface area contributed by atoms with Crippen LogP contribution in [0.4, 0.5) is 11.4 Å². The number of rotatable bonds is 4. The minimum Gasteiger partial charge on any atom is -0.273 e. The third-order valence-electron chi connectivity index (χ3n) is 5.94. The van der Waals surface area contributed by atoms with E-state index in [0.29, 0.717) is 10.7 Å². The summed E-state index contributed by atoms with van der Waals surface area (Å²) in [6, 6.07) is 23.9. The van der Waals surface area contributed by atoms with Gasteiger partial charge in [-0.1, -0.05) is 61.0 Å². The maximum absolute atomic E-state index is 13.6. The monoisotopic (exact) mass is 432 g/mol. The molecule has 0 aromatic heterocycles. The van der Waals surface area contributed by atoms with Gasteiger partial charge >= 0.3 is 0 Å². The number of aryl methyl sites for hydroxylation is 1. The van der Waals surface area contributed by atoms with Crippen molar-refractivity contribution >= 4 is 34.8 Å². The molecule has 0 unspecified atom stereocenters. The first kappa shape index (κ1) is 19.8. The number of fused-ring (bicyclic) bond motifs is 1. The van der Waals surface area contributed by atoms with Crippen LogP contribution < -0.4 is 9.96 Å². The second kappa shape index (κ2) is 7.84. The number of para-hydroxylation sites is 1. The van der Waals surface area contributed by atoms with Crippen LogP contribution >= 0.6 is 11.6 Å². The molecule has 2 saturated heterocycles. The number of hydrogen-bond donors (Lipinski definition) is 0. The van der Waals surface area contributed by atoms with Crippen molar-refractivity contribution < 1.29 is 14.4 Å². The molecule has 5 rings (SSSR count). The fourth-order valence-electron chi connectivity index (χ4n) is 4.35. The van der Waals surface area contributed by atoms with Gasteiger partial charge in [0.15, 0.2) is 6.10 Å². The van der Waals surface area contributed by atoms with Gasteiger partial charge < -0.3 is 0 Å². The van der Waals surface area contributed by atoms with E-state index in [1.54, 1.807) is 17.2 Å². The zero-order valence-corrected chi connectivity index (χ0v) is 17.7. The first-order valence-corrected chi connectivity index (χ1v) is 10.7. The van der Waals surface area contributed by atoms with E-state index in [4.69, 9.17) is 16.4 Å². The molecule has 31 heavy (non-hydrogen) atoms. The SMILES string of the molecule is CCc1ccc(N2C(=O)[C@H]3[C@@H](ON(c4ccccc4)[C@H]3c3ccc(Cl)cc3)C2=O)cc1. The standard InChI is InChI=1S/C25H21ClN2O3/c1-2-16-8-14-19(15-9-16)27-24(29)21-22(17-10-12-18(26)13-11-17)28(31-23(21)25(27)30)20-6-4-3-5-7-20/h3-15,21-23H,2H2,1H3/t21-,22+,23-/m1/s1. The Kier molecular flexibility index (Phi) is 5.00. The van der Waals surface area contributed by atoms with Gasteiger partial charge in [0.2, 0.25) is 5.91 Å². The number of hydroxylamine groups is 1. The predicted octanol–water partition coefficient (Wildman–Crippen LogP) is 4.95. The molecule has 0 spiro atoms. The van der Waals surface area contributed by atoms with E-state index in [1.807, 2.05) is 66.7 Å². The van der Waals surface area contributed by atoms with Crippen LogP contribution in [-0.4, -0.2) is 17.9 Å². The van der Waals surface area contributed by atoms with Gasteiger partial charge in [-0.25, -0.2) is 9.96 Å². The summed E-state index contributed by atoms with van der Waals surface area (Å²) in [5, 5.41) is 2.29. The third-order valence-corrected chi connectivity index (χ3v) is 6.19. The summed E-state index contributed by atoms with van der Waals surface area (Å²) < 4.78 is 0. The van der Waals surface area contributed by atoms with Crippen molar-refractivity contribution in [3.05, 3.63) is 95.0 Å². The number of imide groups is 1. The van der Waals surface area contributed by atoms with E-state index in [-0.39, 0.29) is 11.8 Å². The second-order valence-corrected chi connectivity index (χ2v) is 8.18. The van der Waals surface area contributed by atoms with E-state index in [2.05, 4.69) is 6.92 Å². The molecule has 6 heteroatoms. The van der Waals surface area contributed by atoms with Crippen molar-refractivity contribution in [2.24, 2.45) is 5.92 Å². The van der Waals surface area contributed by atoms with E-state index < -0.39 is 18.1 Å². The van der Waals surface area contributed by atoms with Crippen molar-refractivity contribution in [3.8, 4) is 0 Å². The summed E-state index contributed by atoms with van der Waals surface area (Å²) in [5.41, 5.74) is 3.38. The molecule has 0 radical (unpaired) electrons. The van der Waals surface area contributed by atoms with Crippen molar-refractivity contribution in [1.29, 1.82) is 0 Å². The quantitative estimate of drug-likeness (QED) is 0.547. The topological polar surface area (TPSA) is 49.9 Å². The van der Waals surface area contributed by atoms with Gasteiger partial charge in [0, 0.05) is 5.02 Å². The first-order chi connectivity index (χ1) is 15.1. The number of halogens is 1. The number of carbonyl (C=O) groups excluding carboxylic acids is 2. The molecule has 0 bridgehead atoms. The van der Waals surface area contributed by atoms with E-state index in [0.717, 1.165) is 23.2 Å². The van der Waals surface area contributed by atoms with Gasteiger partial charge in [0.1, 0.15) is 5.92 Å². The van der Waals surface area contributed by atoms with Crippen molar-refractivity contribution in [1.82, 2.24) is 0 Å². The third kappa shape index (κ3) is 3.30. The Morgan fingerprint density at radius 3 is 2.16 bits per heavy atom. The summed E-state index contributed by atoms with van der Waals surface area (Å²) >= 11 is 6.09. The number of benzene rings is 3. The Labute approximate surface area is 185 Å². The van der Waals surface area contributed by atoms with E-state index >= 15 is 0 Å². The van der Waals surface area contributed by atoms with Crippen LogP contribution in [0.1, 0.15) is 24.1 Å². The highest BCUT2D eigenvalue weighted by Gasteiger charge is 2.60. The van der Waals surface area contributed by atoms with Gasteiger partial charge in [0.05, 0.1) is 17.4 Å². The summed E-state index contributed by atoms with van der Waals surface area (Å²) in [4.78, 5) is 34.2. The molecule has 3 aromatic rings. The average molecular weight is 433 g/mol. The normalized spacial score (nSPS) is 22.8. The molecule has 2 fully saturated rings. The summed E-state index contributed by atoms with van der Waals surface area (Å²) in [6.07, 6.45) is 0.0144. The van der Waals surface area contributed by atoms with Crippen molar-refractivity contribution in [2.75, 3.05) is 9.96 Å². The number of amides is 2. The molecule has 2 amide bonds. The van der Waals surface area contributed by atoms with Crippen LogP contribution in [0.15, 0.2) is 78.9 Å². The van der Waals surface area contributed by atoms with Gasteiger partial charge in [-0.05, 0) is 53.9 Å². The lowest BCUT2D eigenvalue weighted by atomic mass is 9.90. The van der Waals surface area contributed by atoms with Crippen LogP contribution in [0.25, 0.3) is 0 Å². The van der Waals surface area contributed by atoms with Crippen LogP contribution in [0.3, 0.4) is 0 Å². The number of hydrogen-bond acceptors (Lipinski definition) is 4. The molecule has 3 aromatic carbocycles. The first-order valence-electron chi connectivity index (χ1n) is 10.3. The van der Waals surface area contributed by atoms with Gasteiger partial charge in [0.25, 0.3) is 5.91 Å². The fourth-order valence-corrected chi connectivity index (χ4v) is 4.47. The summed E-state index contributed by atoms with van der Waals surface area (Å²) in [7, 11) is 0. The largest absolute Gasteiger partial charge is 0.273 e. The Morgan fingerprint density at radius 2 is 1.52 bits per heavy atom. The number of nitrogens with zero attached hydrogens (tertiary/aromatic N) is 2. The van der Waals surface area contributed by atoms with Gasteiger partial charge in [-0.3, -0.25) is 14.4 Å². The maximum Gasteiger partial charge on any atom is 0.266 e. The second-order valence-electron chi connectivity index (χ2n) is 7.74. The van der Waals surface area contributed by atoms with E-state index in [9.17, 15) is 9.59 Å². The number of carbonyl (C=O) groups is 2. The van der Waals surface area contributed by atoms with Crippen LogP contribution in [0, 0.1) is 5.92 Å². The Bertz CT molecular complexity index is 1120. The fraction of sp³-hybridized carbons (Fsp3) is 0.200. The molecular formula is C25H21ClN2O3. The van der Waals surface area contributed by atoms with Gasteiger partial charge in [-0.2, -0.15) is 0 Å². The molecule has 3 atom stereocenters. The molecule has 0 N–H and O–H groups in total. The molecule has 2 aliphatic heterocycles. The lowest BCUT2D eigenvalue weighted by molar-refractivity contribution is -0.126.